The number of carbonyl (C=O) groups is 1. The summed E-state index contributed by atoms with van der Waals surface area (Å²) in [7, 11) is -1.95. The molecule has 0 fully saturated rings. The number of benzene rings is 2. The number of aromatic nitrogens is 3. The summed E-state index contributed by atoms with van der Waals surface area (Å²) in [5.74, 6) is 0.592. The molecule has 0 saturated heterocycles. The van der Waals surface area contributed by atoms with Crippen LogP contribution in [0, 0.1) is 0 Å². The van der Waals surface area contributed by atoms with Crippen molar-refractivity contribution in [2.24, 2.45) is 7.05 Å². The summed E-state index contributed by atoms with van der Waals surface area (Å²) in [5.41, 5.74) is 2.68. The Morgan fingerprint density at radius 2 is 2.00 bits per heavy atom. The topological polar surface area (TPSA) is 106 Å². The summed E-state index contributed by atoms with van der Waals surface area (Å²) in [6, 6.07) is 11.8. The quantitative estimate of drug-likeness (QED) is 0.704. The summed E-state index contributed by atoms with van der Waals surface area (Å²) in [4.78, 5) is 11.8. The average molecular weight is 397 g/mol. The normalized spacial score (nSPS) is 14.1. The van der Waals surface area contributed by atoms with Gasteiger partial charge in [0.25, 0.3) is 10.0 Å². The summed E-state index contributed by atoms with van der Waals surface area (Å²) >= 11 is 0. The third-order valence-electron chi connectivity index (χ3n) is 4.60. The number of hydrogen-bond donors (Lipinski definition) is 2. The Hall–Kier alpha value is -3.20. The van der Waals surface area contributed by atoms with Crippen LogP contribution in [0.4, 0.5) is 11.4 Å². The van der Waals surface area contributed by atoms with Crippen molar-refractivity contribution in [3.63, 3.8) is 0 Å². The molecule has 9 heteroatoms. The molecule has 2 N–H and O–H groups in total. The van der Waals surface area contributed by atoms with Crippen molar-refractivity contribution in [1.29, 1.82) is 0 Å². The van der Waals surface area contributed by atoms with E-state index in [2.05, 4.69) is 20.2 Å². The highest BCUT2D eigenvalue weighted by atomic mass is 32.2. The molecule has 8 nitrogen and oxygen atoms in total. The van der Waals surface area contributed by atoms with Gasteiger partial charge in [-0.1, -0.05) is 12.1 Å². The Kier molecular flexibility index (Phi) is 4.60. The smallest absolute Gasteiger partial charge is 0.261 e. The largest absolute Gasteiger partial charge is 0.326 e. The second-order valence-electron chi connectivity index (χ2n) is 6.67. The fourth-order valence-electron chi connectivity index (χ4n) is 3.20. The average Bonchev–Trinajstić information content (AvgIpc) is 2.99. The van der Waals surface area contributed by atoms with Crippen molar-refractivity contribution in [3.8, 4) is 11.4 Å². The van der Waals surface area contributed by atoms with Gasteiger partial charge in [0, 0.05) is 30.4 Å². The Morgan fingerprint density at radius 1 is 1.14 bits per heavy atom. The van der Waals surface area contributed by atoms with Gasteiger partial charge in [-0.2, -0.15) is 0 Å². The van der Waals surface area contributed by atoms with Crippen molar-refractivity contribution >= 4 is 27.3 Å². The fraction of sp³-hybridized carbons (Fsp3) is 0.211. The van der Waals surface area contributed by atoms with E-state index in [9.17, 15) is 13.2 Å². The maximum absolute atomic E-state index is 12.9. The maximum atomic E-state index is 12.9. The summed E-state index contributed by atoms with van der Waals surface area (Å²) in [6.07, 6.45) is 3.36. The molecule has 1 amide bonds. The molecule has 4 rings (SSSR count). The summed E-state index contributed by atoms with van der Waals surface area (Å²) < 4.78 is 30.1. The molecule has 0 radical (unpaired) electrons. The number of rotatable bonds is 4. The Bertz CT molecular complexity index is 1150. The Morgan fingerprint density at radius 3 is 2.79 bits per heavy atom. The van der Waals surface area contributed by atoms with Gasteiger partial charge in [-0.05, 0) is 48.7 Å². The number of anilines is 2. The molecule has 144 valence electrons. The molecule has 0 unspecified atom stereocenters. The van der Waals surface area contributed by atoms with Crippen LogP contribution in [0.2, 0.25) is 0 Å². The van der Waals surface area contributed by atoms with Gasteiger partial charge in [0.05, 0.1) is 4.90 Å². The molecule has 0 bridgehead atoms. The second kappa shape index (κ2) is 7.08. The number of amides is 1. The highest BCUT2D eigenvalue weighted by Crippen LogP contribution is 2.27. The lowest BCUT2D eigenvalue weighted by molar-refractivity contribution is -0.116. The van der Waals surface area contributed by atoms with Crippen molar-refractivity contribution < 1.29 is 13.2 Å². The van der Waals surface area contributed by atoms with Gasteiger partial charge in [-0.15, -0.1) is 10.2 Å². The summed E-state index contributed by atoms with van der Waals surface area (Å²) in [5, 5.41) is 10.7. The fourth-order valence-corrected chi connectivity index (χ4v) is 4.30. The van der Waals surface area contributed by atoms with Gasteiger partial charge >= 0.3 is 0 Å². The first-order valence-corrected chi connectivity index (χ1v) is 10.3. The number of sulfonamides is 1. The van der Waals surface area contributed by atoms with Crippen LogP contribution in [0.5, 0.6) is 0 Å². The molecular formula is C19H19N5O3S. The number of carbonyl (C=O) groups excluding carboxylic acids is 1. The lowest BCUT2D eigenvalue weighted by atomic mass is 10.1. The van der Waals surface area contributed by atoms with Crippen molar-refractivity contribution in [3.05, 3.63) is 54.4 Å². The summed E-state index contributed by atoms with van der Waals surface area (Å²) in [6.45, 7) is 0. The van der Waals surface area contributed by atoms with Crippen LogP contribution in [0.15, 0.2) is 53.7 Å². The molecule has 3 aromatic rings. The maximum Gasteiger partial charge on any atom is 0.261 e. The number of hydrogen-bond acceptors (Lipinski definition) is 5. The number of aryl methyl sites for hydroxylation is 2. The zero-order chi connectivity index (χ0) is 19.7. The van der Waals surface area contributed by atoms with E-state index in [-0.39, 0.29) is 10.8 Å². The Labute approximate surface area is 162 Å². The highest BCUT2D eigenvalue weighted by Gasteiger charge is 2.19. The lowest BCUT2D eigenvalue weighted by Crippen LogP contribution is -2.14. The van der Waals surface area contributed by atoms with Crippen LogP contribution >= 0.6 is 0 Å². The molecule has 0 saturated carbocycles. The predicted molar refractivity (Wildman–Crippen MR) is 105 cm³/mol. The molecule has 28 heavy (non-hydrogen) atoms. The van der Waals surface area contributed by atoms with Crippen LogP contribution in [0.25, 0.3) is 11.4 Å². The van der Waals surface area contributed by atoms with E-state index in [1.807, 2.05) is 13.1 Å². The molecular weight excluding hydrogens is 378 g/mol. The van der Waals surface area contributed by atoms with E-state index >= 15 is 0 Å². The van der Waals surface area contributed by atoms with Gasteiger partial charge in [0.1, 0.15) is 6.33 Å². The molecule has 0 atom stereocenters. The van der Waals surface area contributed by atoms with Gasteiger partial charge in [-0.25, -0.2) is 8.42 Å². The van der Waals surface area contributed by atoms with E-state index in [1.54, 1.807) is 41.2 Å². The van der Waals surface area contributed by atoms with E-state index in [0.717, 1.165) is 11.1 Å². The second-order valence-corrected chi connectivity index (χ2v) is 8.35. The van der Waals surface area contributed by atoms with Crippen LogP contribution in [0.3, 0.4) is 0 Å². The van der Waals surface area contributed by atoms with Crippen molar-refractivity contribution in [2.45, 2.75) is 24.2 Å². The third-order valence-corrected chi connectivity index (χ3v) is 5.97. The monoisotopic (exact) mass is 397 g/mol. The first kappa shape index (κ1) is 18.2. The number of fused-ring (bicyclic) bond motifs is 1. The van der Waals surface area contributed by atoms with Crippen LogP contribution in [-0.2, 0) is 28.3 Å². The molecule has 2 aromatic carbocycles. The Balaban J connectivity index is 1.62. The minimum Gasteiger partial charge on any atom is -0.326 e. The lowest BCUT2D eigenvalue weighted by Gasteiger charge is -2.12. The van der Waals surface area contributed by atoms with E-state index in [0.29, 0.717) is 36.5 Å². The van der Waals surface area contributed by atoms with Crippen molar-refractivity contribution in [1.82, 2.24) is 14.8 Å². The predicted octanol–water partition coefficient (Wildman–Crippen LogP) is 2.56. The molecule has 1 aromatic heterocycles. The molecule has 1 aliphatic heterocycles. The SMILES string of the molecule is Cn1cnnc1-c1cccc(NS(=O)(=O)c2ccc3c(c2)CCCC(=O)N3)c1. The van der Waals surface area contributed by atoms with E-state index in [1.165, 1.54) is 6.07 Å². The van der Waals surface area contributed by atoms with Crippen molar-refractivity contribution in [2.75, 3.05) is 10.0 Å². The minimum absolute atomic E-state index is 0.0481. The van der Waals surface area contributed by atoms with Gasteiger partial charge in [-0.3, -0.25) is 9.52 Å². The molecule has 0 spiro atoms. The van der Waals surface area contributed by atoms with Gasteiger partial charge < -0.3 is 9.88 Å². The molecule has 0 aliphatic carbocycles. The number of nitrogens with zero attached hydrogens (tertiary/aromatic N) is 3. The van der Waals surface area contributed by atoms with Crippen LogP contribution in [-0.4, -0.2) is 29.1 Å². The first-order chi connectivity index (χ1) is 13.4. The van der Waals surface area contributed by atoms with Crippen LogP contribution < -0.4 is 10.0 Å². The standard InChI is InChI=1S/C19H19N5O3S/c1-24-12-20-22-19(24)14-5-2-6-15(10-14)23-28(26,27)16-8-9-17-13(11-16)4-3-7-18(25)21-17/h2,5-6,8-12,23H,3-4,7H2,1H3,(H,21,25). The zero-order valence-corrected chi connectivity index (χ0v) is 16.0. The van der Waals surface area contributed by atoms with E-state index in [4.69, 9.17) is 0 Å². The minimum atomic E-state index is -3.77. The first-order valence-electron chi connectivity index (χ1n) is 8.82. The van der Waals surface area contributed by atoms with Crippen LogP contribution in [0.1, 0.15) is 18.4 Å². The molecule has 2 heterocycles. The highest BCUT2D eigenvalue weighted by molar-refractivity contribution is 7.92. The van der Waals surface area contributed by atoms with Gasteiger partial charge in [0.15, 0.2) is 5.82 Å². The molecule has 1 aliphatic rings. The van der Waals surface area contributed by atoms with E-state index < -0.39 is 10.0 Å². The third kappa shape index (κ3) is 3.61. The zero-order valence-electron chi connectivity index (χ0n) is 15.2. The van der Waals surface area contributed by atoms with Gasteiger partial charge in [0.2, 0.25) is 5.91 Å². The number of nitrogens with one attached hydrogen (secondary N) is 2.